The van der Waals surface area contributed by atoms with Crippen molar-refractivity contribution in [2.24, 2.45) is 23.7 Å². The second-order valence-corrected chi connectivity index (χ2v) is 8.19. The molecule has 0 amide bonds. The molecule has 0 radical (unpaired) electrons. The monoisotopic (exact) mass is 420 g/mol. The average molecular weight is 420 g/mol. The van der Waals surface area contributed by atoms with Gasteiger partial charge in [0.2, 0.25) is 0 Å². The van der Waals surface area contributed by atoms with Gasteiger partial charge in [0.15, 0.2) is 0 Å². The Balaban J connectivity index is 1.84. The number of hydrogen-bond acceptors (Lipinski definition) is 2. The van der Waals surface area contributed by atoms with E-state index < -0.39 is 30.1 Å². The topological polar surface area (TPSA) is 26.3 Å². The van der Waals surface area contributed by atoms with Crippen LogP contribution in [0, 0.1) is 23.7 Å². The molecule has 2 fully saturated rings. The molecule has 0 heterocycles. The van der Waals surface area contributed by atoms with Crippen LogP contribution >= 0.6 is 0 Å². The summed E-state index contributed by atoms with van der Waals surface area (Å²) in [5, 5.41) is 0. The lowest BCUT2D eigenvalue weighted by atomic mass is 9.69. The molecule has 2 saturated carbocycles. The van der Waals surface area contributed by atoms with Crippen LogP contribution in [0.3, 0.4) is 0 Å². The van der Waals surface area contributed by atoms with Crippen molar-refractivity contribution in [2.75, 3.05) is 0 Å². The fraction of sp³-hybridized carbons (Fsp3) is 0.947. The van der Waals surface area contributed by atoms with Gasteiger partial charge in [0.25, 0.3) is 0 Å². The molecule has 0 N–H and O–H groups in total. The third-order valence-electron chi connectivity index (χ3n) is 6.31. The summed E-state index contributed by atoms with van der Waals surface area (Å²) in [6.07, 6.45) is -4.10. The highest BCUT2D eigenvalue weighted by Gasteiger charge is 2.76. The minimum Gasteiger partial charge on any atom is -0.396 e. The summed E-state index contributed by atoms with van der Waals surface area (Å²) in [7, 11) is 0. The highest BCUT2D eigenvalue weighted by Crippen LogP contribution is 2.48. The maximum Gasteiger partial charge on any atom is 0.476 e. The number of carbonyl (C=O) groups is 1. The number of carbonyl (C=O) groups excluding carboxylic acids is 1. The van der Waals surface area contributed by atoms with Crippen LogP contribution in [0.15, 0.2) is 0 Å². The third-order valence-corrected chi connectivity index (χ3v) is 6.31. The van der Waals surface area contributed by atoms with E-state index in [2.05, 4.69) is 11.7 Å². The van der Waals surface area contributed by atoms with Gasteiger partial charge >= 0.3 is 24.2 Å². The van der Waals surface area contributed by atoms with Gasteiger partial charge in [-0.15, -0.1) is 0 Å². The van der Waals surface area contributed by atoms with Crippen LogP contribution in [0.1, 0.15) is 71.1 Å². The van der Waals surface area contributed by atoms with E-state index in [0.717, 1.165) is 38.0 Å². The molecule has 0 aromatic heterocycles. The molecule has 0 unspecified atom stereocenters. The summed E-state index contributed by atoms with van der Waals surface area (Å²) in [5.41, 5.74) is 0. The lowest BCUT2D eigenvalue weighted by Crippen LogP contribution is -2.54. The first kappa shape index (κ1) is 23.3. The Labute approximate surface area is 160 Å². The molecule has 0 aromatic rings. The average Bonchev–Trinajstić information content (AvgIpc) is 2.61. The normalized spacial score (nSPS) is 30.1. The molecule has 0 aromatic carbocycles. The Morgan fingerprint density at radius 3 is 1.71 bits per heavy atom. The Morgan fingerprint density at radius 2 is 1.29 bits per heavy atom. The zero-order chi connectivity index (χ0) is 21.2. The van der Waals surface area contributed by atoms with Crippen molar-refractivity contribution in [1.29, 1.82) is 0 Å². The zero-order valence-electron chi connectivity index (χ0n) is 15.8. The number of rotatable bonds is 6. The molecule has 0 saturated heterocycles. The van der Waals surface area contributed by atoms with Gasteiger partial charge < -0.3 is 4.74 Å². The minimum absolute atomic E-state index is 0.173. The highest BCUT2D eigenvalue weighted by atomic mass is 19.4. The first-order valence-corrected chi connectivity index (χ1v) is 9.94. The molecule has 0 aliphatic heterocycles. The van der Waals surface area contributed by atoms with Gasteiger partial charge in [-0.25, -0.2) is 0 Å². The van der Waals surface area contributed by atoms with E-state index in [1.807, 2.05) is 0 Å². The first-order valence-electron chi connectivity index (χ1n) is 9.94. The van der Waals surface area contributed by atoms with Crippen LogP contribution in [0.25, 0.3) is 0 Å². The predicted molar refractivity (Wildman–Crippen MR) is 87.8 cm³/mol. The Kier molecular flexibility index (Phi) is 7.29. The lowest BCUT2D eigenvalue weighted by molar-refractivity contribution is -0.413. The van der Waals surface area contributed by atoms with E-state index in [1.54, 1.807) is 0 Å². The van der Waals surface area contributed by atoms with Gasteiger partial charge in [0, 0.05) is 0 Å². The van der Waals surface area contributed by atoms with E-state index in [9.17, 15) is 35.5 Å². The largest absolute Gasteiger partial charge is 0.476 e. The molecular weight excluding hydrogens is 393 g/mol. The number of hydrogen-bond donors (Lipinski definition) is 0. The summed E-state index contributed by atoms with van der Waals surface area (Å²) in [6, 6.07) is 0. The van der Waals surface area contributed by atoms with E-state index in [1.165, 1.54) is 6.42 Å². The molecule has 2 nitrogen and oxygen atoms in total. The van der Waals surface area contributed by atoms with E-state index >= 15 is 0 Å². The predicted octanol–water partition coefficient (Wildman–Crippen LogP) is 6.73. The molecule has 9 heteroatoms. The second kappa shape index (κ2) is 8.78. The number of halogens is 7. The molecular formula is C19H27F7O2. The van der Waals surface area contributed by atoms with Gasteiger partial charge in [-0.1, -0.05) is 32.6 Å². The van der Waals surface area contributed by atoms with Crippen molar-refractivity contribution in [3.8, 4) is 0 Å². The van der Waals surface area contributed by atoms with Gasteiger partial charge in [-0.2, -0.15) is 30.7 Å². The van der Waals surface area contributed by atoms with Crippen LogP contribution < -0.4 is 0 Å². The third kappa shape index (κ3) is 5.12. The summed E-state index contributed by atoms with van der Waals surface area (Å²) in [4.78, 5) is 11.8. The fourth-order valence-corrected chi connectivity index (χ4v) is 4.62. The molecule has 164 valence electrons. The zero-order valence-corrected chi connectivity index (χ0v) is 15.8. The SMILES string of the molecule is CCCC1CCC(C2CCC(C(=O)OC(F)(F)C(F)(F)C(F)(F)F)CC2)CC1. The molecule has 2 rings (SSSR count). The fourth-order valence-electron chi connectivity index (χ4n) is 4.62. The maximum atomic E-state index is 13.3. The van der Waals surface area contributed by atoms with Crippen molar-refractivity contribution < 1.29 is 40.3 Å². The highest BCUT2D eigenvalue weighted by molar-refractivity contribution is 5.72. The second-order valence-electron chi connectivity index (χ2n) is 8.19. The quantitative estimate of drug-likeness (QED) is 0.352. The molecule has 2 aliphatic carbocycles. The Hall–Kier alpha value is -1.02. The standard InChI is InChI=1S/C19H27F7O2/c1-2-3-12-4-6-13(7-5-12)14-8-10-15(11-9-14)16(27)28-19(25,26)17(20,21)18(22,23)24/h12-15H,2-11H2,1H3. The number of alkyl halides is 7. The van der Waals surface area contributed by atoms with Crippen molar-refractivity contribution in [1.82, 2.24) is 0 Å². The van der Waals surface area contributed by atoms with Crippen LogP contribution in [0.2, 0.25) is 0 Å². The smallest absolute Gasteiger partial charge is 0.396 e. The number of ether oxygens (including phenoxy) is 1. The summed E-state index contributed by atoms with van der Waals surface area (Å²) in [5.74, 6) is -7.60. The van der Waals surface area contributed by atoms with E-state index in [-0.39, 0.29) is 12.8 Å². The summed E-state index contributed by atoms with van der Waals surface area (Å²) < 4.78 is 92.0. The molecule has 28 heavy (non-hydrogen) atoms. The van der Waals surface area contributed by atoms with Crippen molar-refractivity contribution in [3.63, 3.8) is 0 Å². The lowest BCUT2D eigenvalue weighted by Gasteiger charge is -2.37. The minimum atomic E-state index is -6.51. The van der Waals surface area contributed by atoms with Crippen LogP contribution in [-0.2, 0) is 9.53 Å². The van der Waals surface area contributed by atoms with E-state index in [0.29, 0.717) is 24.7 Å². The van der Waals surface area contributed by atoms with Crippen molar-refractivity contribution in [2.45, 2.75) is 89.3 Å². The maximum absolute atomic E-state index is 13.3. The molecule has 0 spiro atoms. The van der Waals surface area contributed by atoms with Gasteiger partial charge in [-0.05, 0) is 56.3 Å². The van der Waals surface area contributed by atoms with Crippen LogP contribution in [0.4, 0.5) is 30.7 Å². The van der Waals surface area contributed by atoms with Gasteiger partial charge in [0.05, 0.1) is 5.92 Å². The summed E-state index contributed by atoms with van der Waals surface area (Å²) in [6.45, 7) is 2.15. The molecule has 0 atom stereocenters. The Morgan fingerprint density at radius 1 is 0.821 bits per heavy atom. The Bertz CT molecular complexity index is 517. The molecule has 2 aliphatic rings. The number of esters is 1. The van der Waals surface area contributed by atoms with Crippen LogP contribution in [-0.4, -0.2) is 24.2 Å². The molecule has 0 bridgehead atoms. The first-order chi connectivity index (χ1) is 12.9. The van der Waals surface area contributed by atoms with Gasteiger partial charge in [-0.3, -0.25) is 4.79 Å². The van der Waals surface area contributed by atoms with E-state index in [4.69, 9.17) is 0 Å². The van der Waals surface area contributed by atoms with Crippen molar-refractivity contribution >= 4 is 5.97 Å². The van der Waals surface area contributed by atoms with Gasteiger partial charge in [0.1, 0.15) is 0 Å². The van der Waals surface area contributed by atoms with Crippen LogP contribution in [0.5, 0.6) is 0 Å². The van der Waals surface area contributed by atoms with Crippen molar-refractivity contribution in [3.05, 3.63) is 0 Å². The summed E-state index contributed by atoms with van der Waals surface area (Å²) >= 11 is 0.